The van der Waals surface area contributed by atoms with Gasteiger partial charge in [0.1, 0.15) is 0 Å². The highest BCUT2D eigenvalue weighted by Gasteiger charge is 2.12. The lowest BCUT2D eigenvalue weighted by molar-refractivity contribution is 0.0950. The van der Waals surface area contributed by atoms with Gasteiger partial charge in [0, 0.05) is 22.2 Å². The number of amides is 1. The highest BCUT2D eigenvalue weighted by Crippen LogP contribution is 2.19. The summed E-state index contributed by atoms with van der Waals surface area (Å²) in [4.78, 5) is 12.0. The molecular weight excluding hydrogens is 324 g/mol. The van der Waals surface area contributed by atoms with Crippen LogP contribution in [0.25, 0.3) is 11.3 Å². The summed E-state index contributed by atoms with van der Waals surface area (Å²) in [5.74, 6) is 6.01. The molecule has 0 saturated carbocycles. The smallest absolute Gasteiger partial charge is 0.274 e. The Morgan fingerprint density at radius 3 is 2.75 bits per heavy atom. The Morgan fingerprint density at radius 1 is 1.12 bits per heavy atom. The Bertz CT molecular complexity index is 908. The molecule has 0 atom stereocenters. The molecule has 1 amide bonds. The van der Waals surface area contributed by atoms with Crippen molar-refractivity contribution in [2.75, 3.05) is 6.54 Å². The van der Waals surface area contributed by atoms with Gasteiger partial charge in [0.2, 0.25) is 0 Å². The van der Waals surface area contributed by atoms with Crippen LogP contribution >= 0.6 is 11.6 Å². The number of aromatic nitrogens is 1. The van der Waals surface area contributed by atoms with Crippen molar-refractivity contribution in [3.63, 3.8) is 0 Å². The van der Waals surface area contributed by atoms with E-state index in [1.54, 1.807) is 18.2 Å². The molecule has 1 N–H and O–H groups in total. The van der Waals surface area contributed by atoms with E-state index >= 15 is 0 Å². The highest BCUT2D eigenvalue weighted by molar-refractivity contribution is 6.30. The summed E-state index contributed by atoms with van der Waals surface area (Å²) in [5, 5.41) is 7.10. The molecule has 24 heavy (non-hydrogen) atoms. The summed E-state index contributed by atoms with van der Waals surface area (Å²) < 4.78 is 5.20. The second kappa shape index (κ2) is 7.49. The summed E-state index contributed by atoms with van der Waals surface area (Å²) in [6, 6.07) is 18.3. The molecule has 0 aliphatic carbocycles. The van der Waals surface area contributed by atoms with Gasteiger partial charge in [-0.15, -0.1) is 0 Å². The van der Waals surface area contributed by atoms with Crippen LogP contribution < -0.4 is 5.32 Å². The Morgan fingerprint density at radius 2 is 1.96 bits per heavy atom. The minimum absolute atomic E-state index is 0.207. The minimum Gasteiger partial charge on any atom is -0.355 e. The zero-order chi connectivity index (χ0) is 16.8. The number of benzene rings is 2. The first-order valence-electron chi connectivity index (χ1n) is 7.27. The average molecular weight is 337 g/mol. The minimum atomic E-state index is -0.332. The summed E-state index contributed by atoms with van der Waals surface area (Å²) in [6.45, 7) is 0.207. The van der Waals surface area contributed by atoms with Gasteiger partial charge < -0.3 is 9.84 Å². The second-order valence-corrected chi connectivity index (χ2v) is 5.37. The predicted octanol–water partition coefficient (Wildman–Crippen LogP) is 3.78. The molecule has 5 heteroatoms. The normalized spacial score (nSPS) is 9.88. The Labute approximate surface area is 144 Å². The van der Waals surface area contributed by atoms with Gasteiger partial charge in [-0.1, -0.05) is 65.0 Å². The summed E-state index contributed by atoms with van der Waals surface area (Å²) in [6.07, 6.45) is 0. The highest BCUT2D eigenvalue weighted by atomic mass is 35.5. The van der Waals surface area contributed by atoms with E-state index in [4.69, 9.17) is 16.1 Å². The zero-order valence-corrected chi connectivity index (χ0v) is 13.4. The maximum Gasteiger partial charge on any atom is 0.274 e. The number of carbonyl (C=O) groups excluding carboxylic acids is 1. The fourth-order valence-corrected chi connectivity index (χ4v) is 2.24. The molecule has 1 heterocycles. The fraction of sp³-hybridized carbons (Fsp3) is 0.0526. The van der Waals surface area contributed by atoms with Gasteiger partial charge in [-0.2, -0.15) is 0 Å². The molecule has 0 fully saturated rings. The first-order valence-corrected chi connectivity index (χ1v) is 7.65. The predicted molar refractivity (Wildman–Crippen MR) is 92.6 cm³/mol. The molecule has 118 valence electrons. The van der Waals surface area contributed by atoms with Gasteiger partial charge in [0.05, 0.1) is 6.54 Å². The van der Waals surface area contributed by atoms with Crippen molar-refractivity contribution >= 4 is 17.5 Å². The van der Waals surface area contributed by atoms with Crippen LogP contribution in [-0.4, -0.2) is 17.6 Å². The first-order chi connectivity index (χ1) is 11.7. The van der Waals surface area contributed by atoms with E-state index in [-0.39, 0.29) is 18.1 Å². The van der Waals surface area contributed by atoms with Crippen LogP contribution in [0.2, 0.25) is 5.02 Å². The van der Waals surface area contributed by atoms with Crippen molar-refractivity contribution in [2.24, 2.45) is 0 Å². The molecule has 2 aromatic carbocycles. The largest absolute Gasteiger partial charge is 0.355 e. The lowest BCUT2D eigenvalue weighted by Gasteiger charge is -1.95. The third-order valence-electron chi connectivity index (χ3n) is 3.20. The summed E-state index contributed by atoms with van der Waals surface area (Å²) >= 11 is 5.88. The molecule has 4 nitrogen and oxygen atoms in total. The molecule has 0 unspecified atom stereocenters. The van der Waals surface area contributed by atoms with Crippen LogP contribution in [0.15, 0.2) is 65.2 Å². The topological polar surface area (TPSA) is 55.1 Å². The molecule has 0 aliphatic rings. The Hall–Kier alpha value is -3.03. The quantitative estimate of drug-likeness (QED) is 0.741. The van der Waals surface area contributed by atoms with E-state index in [0.717, 1.165) is 11.1 Å². The number of halogens is 1. The van der Waals surface area contributed by atoms with Crippen LogP contribution in [-0.2, 0) is 0 Å². The summed E-state index contributed by atoms with van der Waals surface area (Å²) in [5.41, 5.74) is 1.88. The number of nitrogens with zero attached hydrogens (tertiary/aromatic N) is 1. The molecule has 0 aliphatic heterocycles. The lowest BCUT2D eigenvalue weighted by atomic mass is 10.1. The Kier molecular flexibility index (Phi) is 4.95. The third kappa shape index (κ3) is 4.03. The molecule has 0 bridgehead atoms. The van der Waals surface area contributed by atoms with Crippen LogP contribution in [0.5, 0.6) is 0 Å². The molecule has 1 aromatic heterocycles. The van der Waals surface area contributed by atoms with Crippen LogP contribution in [0.3, 0.4) is 0 Å². The van der Waals surface area contributed by atoms with E-state index in [0.29, 0.717) is 10.8 Å². The van der Waals surface area contributed by atoms with Gasteiger partial charge in [0.15, 0.2) is 11.5 Å². The molecule has 0 saturated heterocycles. The fourth-order valence-electron chi connectivity index (χ4n) is 2.05. The average Bonchev–Trinajstić information content (AvgIpc) is 3.10. The standard InChI is InChI=1S/C19H13ClN2O2/c20-16-10-4-6-14(12-16)7-5-11-21-19(23)17-13-18(24-22-17)15-8-2-1-3-9-15/h1-4,6,8-10,12-13H,11H2,(H,21,23). The van der Waals surface area contributed by atoms with Crippen molar-refractivity contribution in [2.45, 2.75) is 0 Å². The number of nitrogens with one attached hydrogen (secondary N) is 1. The molecule has 0 spiro atoms. The van der Waals surface area contributed by atoms with E-state index in [9.17, 15) is 4.79 Å². The molecular formula is C19H13ClN2O2. The van der Waals surface area contributed by atoms with Gasteiger partial charge in [-0.05, 0) is 18.2 Å². The second-order valence-electron chi connectivity index (χ2n) is 4.94. The summed E-state index contributed by atoms with van der Waals surface area (Å²) in [7, 11) is 0. The third-order valence-corrected chi connectivity index (χ3v) is 3.43. The van der Waals surface area contributed by atoms with Crippen molar-refractivity contribution in [1.29, 1.82) is 0 Å². The van der Waals surface area contributed by atoms with Crippen molar-refractivity contribution < 1.29 is 9.32 Å². The molecule has 3 rings (SSSR count). The van der Waals surface area contributed by atoms with Gasteiger partial charge in [-0.3, -0.25) is 4.79 Å². The number of hydrogen-bond donors (Lipinski definition) is 1. The number of rotatable bonds is 3. The first kappa shape index (κ1) is 15.9. The van der Waals surface area contributed by atoms with Crippen LogP contribution in [0, 0.1) is 11.8 Å². The van der Waals surface area contributed by atoms with Crippen LogP contribution in [0.1, 0.15) is 16.1 Å². The lowest BCUT2D eigenvalue weighted by Crippen LogP contribution is -2.23. The maximum atomic E-state index is 12.0. The number of carbonyl (C=O) groups is 1. The van der Waals surface area contributed by atoms with E-state index in [1.807, 2.05) is 42.5 Å². The van der Waals surface area contributed by atoms with Crippen molar-refractivity contribution in [3.8, 4) is 23.2 Å². The van der Waals surface area contributed by atoms with Gasteiger partial charge in [-0.25, -0.2) is 0 Å². The molecule has 0 radical (unpaired) electrons. The maximum absolute atomic E-state index is 12.0. The van der Waals surface area contributed by atoms with Crippen LogP contribution in [0.4, 0.5) is 0 Å². The monoisotopic (exact) mass is 336 g/mol. The van der Waals surface area contributed by atoms with Gasteiger partial charge >= 0.3 is 0 Å². The SMILES string of the molecule is O=C(NCC#Cc1cccc(Cl)c1)c1cc(-c2ccccc2)on1. The number of hydrogen-bond acceptors (Lipinski definition) is 3. The van der Waals surface area contributed by atoms with Crippen molar-refractivity contribution in [3.05, 3.63) is 76.9 Å². The van der Waals surface area contributed by atoms with E-state index in [2.05, 4.69) is 22.3 Å². The van der Waals surface area contributed by atoms with E-state index < -0.39 is 0 Å². The Balaban J connectivity index is 1.59. The zero-order valence-electron chi connectivity index (χ0n) is 12.6. The molecule has 3 aromatic rings. The van der Waals surface area contributed by atoms with Gasteiger partial charge in [0.25, 0.3) is 5.91 Å². The van der Waals surface area contributed by atoms with Crippen molar-refractivity contribution in [1.82, 2.24) is 10.5 Å². The van der Waals surface area contributed by atoms with E-state index in [1.165, 1.54) is 0 Å².